The molecule has 0 unspecified atom stereocenters. The van der Waals surface area contributed by atoms with Crippen LogP contribution in [0.2, 0.25) is 0 Å². The fourth-order valence-corrected chi connectivity index (χ4v) is 2.16. The number of hydrogen-bond acceptors (Lipinski definition) is 2. The number of thiocarbonyl (C=S) groups is 1. The van der Waals surface area contributed by atoms with Crippen LogP contribution in [0.5, 0.6) is 0 Å². The molecule has 0 bridgehead atoms. The molecule has 0 aromatic carbocycles. The number of nitrogens with two attached hydrogens (primary N) is 1. The zero-order valence-electron chi connectivity index (χ0n) is 8.09. The lowest BCUT2D eigenvalue weighted by Gasteiger charge is -2.27. The fourth-order valence-electron chi connectivity index (χ4n) is 1.99. The van der Waals surface area contributed by atoms with E-state index in [-0.39, 0.29) is 12.6 Å². The van der Waals surface area contributed by atoms with E-state index >= 15 is 0 Å². The van der Waals surface area contributed by atoms with Crippen molar-refractivity contribution in [3.05, 3.63) is 0 Å². The van der Waals surface area contributed by atoms with Gasteiger partial charge in [0.2, 0.25) is 0 Å². The second kappa shape index (κ2) is 5.56. The quantitative estimate of drug-likeness (QED) is 0.719. The smallest absolute Gasteiger partial charge is 0.251 e. The maximum absolute atomic E-state index is 12.3. The summed E-state index contributed by atoms with van der Waals surface area (Å²) in [6.45, 7) is 0.117. The van der Waals surface area contributed by atoms with Crippen molar-refractivity contribution in [2.75, 3.05) is 13.1 Å². The van der Waals surface area contributed by atoms with Gasteiger partial charge in [-0.15, -0.1) is 0 Å². The van der Waals surface area contributed by atoms with Gasteiger partial charge in [-0.2, -0.15) is 0 Å². The summed E-state index contributed by atoms with van der Waals surface area (Å²) >= 11 is 4.75. The first-order valence-corrected chi connectivity index (χ1v) is 5.31. The van der Waals surface area contributed by atoms with Crippen LogP contribution in [-0.2, 0) is 0 Å². The van der Waals surface area contributed by atoms with Gasteiger partial charge in [0, 0.05) is 12.6 Å². The van der Waals surface area contributed by atoms with Crippen molar-refractivity contribution >= 4 is 17.2 Å². The number of nitrogens with zero attached hydrogens (tertiary/aromatic N) is 1. The van der Waals surface area contributed by atoms with Gasteiger partial charge in [0.05, 0.1) is 11.5 Å². The number of hydrogen-bond donors (Lipinski definition) is 1. The zero-order chi connectivity index (χ0) is 10.6. The Morgan fingerprint density at radius 2 is 2.00 bits per heavy atom. The van der Waals surface area contributed by atoms with E-state index in [0.29, 0.717) is 11.5 Å². The summed E-state index contributed by atoms with van der Waals surface area (Å²) in [5.41, 5.74) is 5.38. The molecule has 2 nitrogen and oxygen atoms in total. The normalized spacial score (nSPS) is 18.3. The Balaban J connectivity index is 2.46. The molecule has 1 rings (SSSR count). The van der Waals surface area contributed by atoms with Gasteiger partial charge in [0.1, 0.15) is 0 Å². The minimum absolute atomic E-state index is 0.206. The van der Waals surface area contributed by atoms with Crippen LogP contribution in [0.1, 0.15) is 25.7 Å². The minimum atomic E-state index is -2.30. The summed E-state index contributed by atoms with van der Waals surface area (Å²) in [5, 5.41) is 0. The van der Waals surface area contributed by atoms with Gasteiger partial charge in [-0.25, -0.2) is 8.78 Å². The molecule has 2 N–H and O–H groups in total. The third-order valence-corrected chi connectivity index (χ3v) is 2.70. The Labute approximate surface area is 88.4 Å². The molecular weight excluding hydrogens is 206 g/mol. The third kappa shape index (κ3) is 3.84. The molecule has 5 heteroatoms. The molecule has 0 heterocycles. The van der Waals surface area contributed by atoms with Crippen molar-refractivity contribution in [2.24, 2.45) is 5.73 Å². The standard InChI is InChI=1S/C9H16F2N2S/c10-8(11)5-13(6-9(12)14)7-3-1-2-4-7/h7-8H,1-6H2,(H2,12,14). The first-order valence-electron chi connectivity index (χ1n) is 4.90. The highest BCUT2D eigenvalue weighted by Gasteiger charge is 2.24. The predicted octanol–water partition coefficient (Wildman–Crippen LogP) is 1.78. The molecule has 0 atom stereocenters. The van der Waals surface area contributed by atoms with Gasteiger partial charge in [-0.05, 0) is 12.8 Å². The number of alkyl halides is 2. The molecule has 1 aliphatic rings. The average molecular weight is 222 g/mol. The van der Waals surface area contributed by atoms with Crippen LogP contribution in [0.15, 0.2) is 0 Å². The molecule has 0 radical (unpaired) electrons. The summed E-state index contributed by atoms with van der Waals surface area (Å²) in [6, 6.07) is 0.255. The molecule has 0 spiro atoms. The Hall–Kier alpha value is -0.290. The van der Waals surface area contributed by atoms with Crippen LogP contribution in [0.25, 0.3) is 0 Å². The van der Waals surface area contributed by atoms with E-state index in [1.54, 1.807) is 4.90 Å². The van der Waals surface area contributed by atoms with Gasteiger partial charge in [-0.1, -0.05) is 25.1 Å². The lowest BCUT2D eigenvalue weighted by atomic mass is 10.2. The Morgan fingerprint density at radius 3 is 2.43 bits per heavy atom. The van der Waals surface area contributed by atoms with Crippen LogP contribution in [0, 0.1) is 0 Å². The maximum Gasteiger partial charge on any atom is 0.251 e. The van der Waals surface area contributed by atoms with Gasteiger partial charge in [-0.3, -0.25) is 4.90 Å². The summed E-state index contributed by atoms with van der Waals surface area (Å²) in [6.07, 6.45) is 1.94. The van der Waals surface area contributed by atoms with Crippen LogP contribution in [-0.4, -0.2) is 35.4 Å². The molecule has 14 heavy (non-hydrogen) atoms. The van der Waals surface area contributed by atoms with E-state index < -0.39 is 6.43 Å². The van der Waals surface area contributed by atoms with Crippen LogP contribution >= 0.6 is 12.2 Å². The van der Waals surface area contributed by atoms with Gasteiger partial charge in [0.15, 0.2) is 0 Å². The molecular formula is C9H16F2N2S. The SMILES string of the molecule is NC(=S)CN(CC(F)F)C1CCCC1. The topological polar surface area (TPSA) is 29.3 Å². The summed E-state index contributed by atoms with van der Waals surface area (Å²) in [7, 11) is 0. The van der Waals surface area contributed by atoms with E-state index in [1.165, 1.54) is 0 Å². The second-order valence-electron chi connectivity index (χ2n) is 3.73. The Morgan fingerprint density at radius 1 is 1.43 bits per heavy atom. The summed E-state index contributed by atoms with van der Waals surface area (Å²) in [4.78, 5) is 2.03. The van der Waals surface area contributed by atoms with Crippen molar-refractivity contribution in [1.29, 1.82) is 0 Å². The van der Waals surface area contributed by atoms with Gasteiger partial charge in [0.25, 0.3) is 6.43 Å². The highest BCUT2D eigenvalue weighted by molar-refractivity contribution is 7.80. The van der Waals surface area contributed by atoms with Gasteiger partial charge < -0.3 is 5.73 Å². The maximum atomic E-state index is 12.3. The van der Waals surface area contributed by atoms with E-state index in [9.17, 15) is 8.78 Å². The van der Waals surface area contributed by atoms with Crippen molar-refractivity contribution in [3.8, 4) is 0 Å². The molecule has 0 saturated heterocycles. The van der Waals surface area contributed by atoms with Crippen LogP contribution in [0.3, 0.4) is 0 Å². The number of halogens is 2. The average Bonchev–Trinajstić information content (AvgIpc) is 2.52. The first-order chi connectivity index (χ1) is 6.59. The lowest BCUT2D eigenvalue weighted by Crippen LogP contribution is -2.42. The largest absolute Gasteiger partial charge is 0.392 e. The molecule has 1 aliphatic carbocycles. The van der Waals surface area contributed by atoms with E-state index in [2.05, 4.69) is 0 Å². The van der Waals surface area contributed by atoms with E-state index in [1.807, 2.05) is 0 Å². The molecule has 0 amide bonds. The predicted molar refractivity (Wildman–Crippen MR) is 56.6 cm³/mol. The fraction of sp³-hybridized carbons (Fsp3) is 0.889. The molecule has 0 aromatic rings. The molecule has 0 aromatic heterocycles. The molecule has 1 saturated carbocycles. The monoisotopic (exact) mass is 222 g/mol. The molecule has 1 fully saturated rings. The molecule has 0 aliphatic heterocycles. The Kier molecular flexibility index (Phi) is 4.68. The van der Waals surface area contributed by atoms with Crippen LogP contribution < -0.4 is 5.73 Å². The second-order valence-corrected chi connectivity index (χ2v) is 4.25. The third-order valence-electron chi connectivity index (χ3n) is 2.57. The summed E-state index contributed by atoms with van der Waals surface area (Å²) < 4.78 is 24.5. The van der Waals surface area contributed by atoms with Crippen molar-refractivity contribution in [1.82, 2.24) is 4.90 Å². The minimum Gasteiger partial charge on any atom is -0.392 e. The Bertz CT molecular complexity index is 193. The van der Waals surface area contributed by atoms with E-state index in [4.69, 9.17) is 18.0 Å². The van der Waals surface area contributed by atoms with Crippen molar-refractivity contribution in [2.45, 2.75) is 38.2 Å². The summed E-state index contributed by atoms with van der Waals surface area (Å²) in [5.74, 6) is 0. The van der Waals surface area contributed by atoms with Crippen molar-refractivity contribution in [3.63, 3.8) is 0 Å². The first kappa shape index (κ1) is 11.8. The van der Waals surface area contributed by atoms with Crippen molar-refractivity contribution < 1.29 is 8.78 Å². The highest BCUT2D eigenvalue weighted by atomic mass is 32.1. The van der Waals surface area contributed by atoms with E-state index in [0.717, 1.165) is 25.7 Å². The van der Waals surface area contributed by atoms with Crippen LogP contribution in [0.4, 0.5) is 8.78 Å². The highest BCUT2D eigenvalue weighted by Crippen LogP contribution is 2.23. The zero-order valence-corrected chi connectivity index (χ0v) is 8.90. The van der Waals surface area contributed by atoms with Gasteiger partial charge >= 0.3 is 0 Å². The molecule has 82 valence electrons. The lowest BCUT2D eigenvalue weighted by molar-refractivity contribution is 0.0760. The number of rotatable bonds is 5.